The molecule has 0 saturated carbocycles. The Bertz CT molecular complexity index is 1110. The first-order valence-electron chi connectivity index (χ1n) is 10.1. The maximum Gasteiger partial charge on any atom is 0.317 e. The third-order valence-electron chi connectivity index (χ3n) is 5.19. The monoisotopic (exact) mass is 417 g/mol. The molecule has 5 heteroatoms. The molecule has 30 heavy (non-hydrogen) atoms. The number of rotatable bonds is 7. The largest absolute Gasteiger partial charge is 0.361 e. The number of nitrogens with one attached hydrogen (secondary N) is 2. The second-order valence-electron chi connectivity index (χ2n) is 7.30. The Balaban J connectivity index is 1.47. The van der Waals surface area contributed by atoms with Gasteiger partial charge in [0.05, 0.1) is 0 Å². The summed E-state index contributed by atoms with van der Waals surface area (Å²) in [6, 6.07) is 25.7. The Morgan fingerprint density at radius 2 is 1.63 bits per heavy atom. The van der Waals surface area contributed by atoms with Crippen LogP contribution in [0.25, 0.3) is 10.9 Å². The minimum absolute atomic E-state index is 0.0753. The van der Waals surface area contributed by atoms with Crippen molar-refractivity contribution in [1.82, 2.24) is 15.2 Å². The molecule has 0 fully saturated rings. The first-order valence-corrected chi connectivity index (χ1v) is 10.4. The number of hydrogen-bond donors (Lipinski definition) is 2. The minimum Gasteiger partial charge on any atom is -0.361 e. The average molecular weight is 418 g/mol. The quantitative estimate of drug-likeness (QED) is 0.393. The number of hydrogen-bond acceptors (Lipinski definition) is 1. The maximum absolute atomic E-state index is 13.0. The molecule has 2 N–H and O–H groups in total. The van der Waals surface area contributed by atoms with Crippen LogP contribution >= 0.6 is 11.6 Å². The Hall–Kier alpha value is -3.24. The van der Waals surface area contributed by atoms with Crippen molar-refractivity contribution in [2.45, 2.75) is 19.5 Å². The number of benzene rings is 3. The van der Waals surface area contributed by atoms with Gasteiger partial charge in [0.25, 0.3) is 0 Å². The van der Waals surface area contributed by atoms with Crippen molar-refractivity contribution in [2.24, 2.45) is 0 Å². The fourth-order valence-corrected chi connectivity index (χ4v) is 3.67. The molecule has 4 aromatic rings. The van der Waals surface area contributed by atoms with E-state index in [1.54, 1.807) is 0 Å². The summed E-state index contributed by atoms with van der Waals surface area (Å²) in [5.41, 5.74) is 4.45. The predicted octanol–water partition coefficient (Wildman–Crippen LogP) is 5.78. The highest BCUT2D eigenvalue weighted by molar-refractivity contribution is 6.30. The molecule has 0 bridgehead atoms. The third-order valence-corrected chi connectivity index (χ3v) is 5.44. The van der Waals surface area contributed by atoms with Gasteiger partial charge in [0.1, 0.15) is 0 Å². The molecule has 0 aliphatic heterocycles. The van der Waals surface area contributed by atoms with Crippen molar-refractivity contribution in [3.05, 3.63) is 107 Å². The van der Waals surface area contributed by atoms with Crippen molar-refractivity contribution in [3.8, 4) is 0 Å². The molecule has 1 aromatic heterocycles. The summed E-state index contributed by atoms with van der Waals surface area (Å²) in [4.78, 5) is 18.2. The van der Waals surface area contributed by atoms with Gasteiger partial charge in [-0.05, 0) is 41.3 Å². The van der Waals surface area contributed by atoms with Gasteiger partial charge >= 0.3 is 6.03 Å². The topological polar surface area (TPSA) is 48.1 Å². The van der Waals surface area contributed by atoms with E-state index in [2.05, 4.69) is 22.4 Å². The van der Waals surface area contributed by atoms with Crippen LogP contribution in [0.4, 0.5) is 4.79 Å². The van der Waals surface area contributed by atoms with E-state index in [4.69, 9.17) is 11.6 Å². The lowest BCUT2D eigenvalue weighted by Crippen LogP contribution is -2.40. The Labute approximate surface area is 181 Å². The molecule has 4 rings (SSSR count). The maximum atomic E-state index is 13.0. The highest BCUT2D eigenvalue weighted by Crippen LogP contribution is 2.19. The zero-order valence-corrected chi connectivity index (χ0v) is 17.4. The molecule has 152 valence electrons. The number of fused-ring (bicyclic) bond motifs is 1. The summed E-state index contributed by atoms with van der Waals surface area (Å²) in [7, 11) is 0. The molecule has 0 spiro atoms. The van der Waals surface area contributed by atoms with Crippen LogP contribution in [0.5, 0.6) is 0 Å². The lowest BCUT2D eigenvalue weighted by atomic mass is 10.1. The van der Waals surface area contributed by atoms with Gasteiger partial charge < -0.3 is 15.2 Å². The van der Waals surface area contributed by atoms with Gasteiger partial charge in [0.15, 0.2) is 0 Å². The normalized spacial score (nSPS) is 10.8. The van der Waals surface area contributed by atoms with Gasteiger partial charge in [0, 0.05) is 41.8 Å². The number of carbonyl (C=O) groups excluding carboxylic acids is 1. The molecule has 4 nitrogen and oxygen atoms in total. The van der Waals surface area contributed by atoms with Crippen LogP contribution in [0.3, 0.4) is 0 Å². The second kappa shape index (κ2) is 9.51. The second-order valence-corrected chi connectivity index (χ2v) is 7.74. The highest BCUT2D eigenvalue weighted by Gasteiger charge is 2.15. The molecule has 3 aromatic carbocycles. The molecule has 2 amide bonds. The molecule has 0 saturated heterocycles. The number of urea groups is 1. The molecule has 0 unspecified atom stereocenters. The van der Waals surface area contributed by atoms with Crippen molar-refractivity contribution in [1.29, 1.82) is 0 Å². The fraction of sp³-hybridized carbons (Fsp3) is 0.160. The van der Waals surface area contributed by atoms with Gasteiger partial charge in [0.2, 0.25) is 0 Å². The molecule has 0 aliphatic rings. The molecule has 1 heterocycles. The number of halogens is 1. The summed E-state index contributed by atoms with van der Waals surface area (Å²) in [5, 5.41) is 4.95. The summed E-state index contributed by atoms with van der Waals surface area (Å²) in [6.45, 7) is 1.65. The zero-order chi connectivity index (χ0) is 20.8. The molecule has 0 radical (unpaired) electrons. The summed E-state index contributed by atoms with van der Waals surface area (Å²) in [6.07, 6.45) is 2.81. The Kier molecular flexibility index (Phi) is 6.35. The van der Waals surface area contributed by atoms with Gasteiger partial charge in [-0.15, -0.1) is 0 Å². The van der Waals surface area contributed by atoms with Gasteiger partial charge in [-0.3, -0.25) is 0 Å². The fourth-order valence-electron chi connectivity index (χ4n) is 3.54. The molecular weight excluding hydrogens is 394 g/mol. The van der Waals surface area contributed by atoms with Crippen molar-refractivity contribution < 1.29 is 4.79 Å². The van der Waals surface area contributed by atoms with E-state index < -0.39 is 0 Å². The van der Waals surface area contributed by atoms with Crippen LogP contribution in [0, 0.1) is 0 Å². The number of nitrogens with zero attached hydrogens (tertiary/aromatic N) is 1. The third kappa shape index (κ3) is 5.02. The van der Waals surface area contributed by atoms with Crippen LogP contribution in [0.1, 0.15) is 16.7 Å². The van der Waals surface area contributed by atoms with Crippen LogP contribution in [0.2, 0.25) is 5.02 Å². The Morgan fingerprint density at radius 3 is 2.43 bits per heavy atom. The number of amides is 2. The van der Waals surface area contributed by atoms with Crippen LogP contribution in [0.15, 0.2) is 85.1 Å². The number of carbonyl (C=O) groups is 1. The van der Waals surface area contributed by atoms with E-state index in [1.807, 2.05) is 77.8 Å². The van der Waals surface area contributed by atoms with Crippen LogP contribution in [-0.2, 0) is 19.5 Å². The Morgan fingerprint density at radius 1 is 0.900 bits per heavy atom. The van der Waals surface area contributed by atoms with Crippen molar-refractivity contribution in [3.63, 3.8) is 0 Å². The minimum atomic E-state index is -0.0753. The van der Waals surface area contributed by atoms with E-state index in [1.165, 1.54) is 10.9 Å². The van der Waals surface area contributed by atoms with Gasteiger partial charge in [-0.2, -0.15) is 0 Å². The smallest absolute Gasteiger partial charge is 0.317 e. The van der Waals surface area contributed by atoms with E-state index in [-0.39, 0.29) is 6.03 Å². The SMILES string of the molecule is O=C(NCc1ccccc1)N(CCc1c[nH]c2ccccc12)Cc1ccc(Cl)cc1. The molecular formula is C25H24ClN3O. The number of para-hydroxylation sites is 1. The van der Waals surface area contributed by atoms with Crippen LogP contribution < -0.4 is 5.32 Å². The summed E-state index contributed by atoms with van der Waals surface area (Å²) < 4.78 is 0. The number of H-pyrrole nitrogens is 1. The first-order chi connectivity index (χ1) is 14.7. The summed E-state index contributed by atoms with van der Waals surface area (Å²) >= 11 is 6.02. The van der Waals surface area contributed by atoms with Crippen molar-refractivity contribution >= 4 is 28.5 Å². The van der Waals surface area contributed by atoms with Gasteiger partial charge in [-0.1, -0.05) is 72.3 Å². The van der Waals surface area contributed by atoms with Crippen LogP contribution in [-0.4, -0.2) is 22.5 Å². The van der Waals surface area contributed by atoms with E-state index in [0.717, 1.165) is 23.1 Å². The average Bonchev–Trinajstić information content (AvgIpc) is 3.20. The first kappa shape index (κ1) is 20.0. The summed E-state index contributed by atoms with van der Waals surface area (Å²) in [5.74, 6) is 0. The van der Waals surface area contributed by atoms with Gasteiger partial charge in [-0.25, -0.2) is 4.79 Å². The standard InChI is InChI=1S/C25H24ClN3O/c26-22-12-10-20(11-13-22)18-29(25(30)28-16-19-6-2-1-3-7-19)15-14-21-17-27-24-9-5-4-8-23(21)24/h1-13,17,27H,14-16,18H2,(H,28,30). The van der Waals surface area contributed by atoms with E-state index in [0.29, 0.717) is 24.7 Å². The molecule has 0 atom stereocenters. The predicted molar refractivity (Wildman–Crippen MR) is 123 cm³/mol. The lowest BCUT2D eigenvalue weighted by molar-refractivity contribution is 0.195. The zero-order valence-electron chi connectivity index (χ0n) is 16.6. The lowest BCUT2D eigenvalue weighted by Gasteiger charge is -2.23. The number of aromatic nitrogens is 1. The van der Waals surface area contributed by atoms with E-state index >= 15 is 0 Å². The number of aromatic amines is 1. The van der Waals surface area contributed by atoms with Crippen molar-refractivity contribution in [2.75, 3.05) is 6.54 Å². The molecule has 0 aliphatic carbocycles. The van der Waals surface area contributed by atoms with E-state index in [9.17, 15) is 4.79 Å². The highest BCUT2D eigenvalue weighted by atomic mass is 35.5.